The molecule has 0 saturated carbocycles. The fourth-order valence-corrected chi connectivity index (χ4v) is 3.39. The molecule has 146 valence electrons. The van der Waals surface area contributed by atoms with Gasteiger partial charge in [0.25, 0.3) is 0 Å². The maximum atomic E-state index is 12.0. The van der Waals surface area contributed by atoms with Crippen molar-refractivity contribution in [3.63, 3.8) is 0 Å². The molecule has 1 atom stereocenters. The Morgan fingerprint density at radius 2 is 2.25 bits per heavy atom. The van der Waals surface area contributed by atoms with Crippen LogP contribution >= 0.6 is 11.6 Å². The summed E-state index contributed by atoms with van der Waals surface area (Å²) in [5, 5.41) is 7.28. The van der Waals surface area contributed by atoms with Gasteiger partial charge in [-0.2, -0.15) is 0 Å². The van der Waals surface area contributed by atoms with E-state index in [4.69, 9.17) is 21.1 Å². The lowest BCUT2D eigenvalue weighted by Gasteiger charge is -2.11. The average Bonchev–Trinajstić information content (AvgIpc) is 3.35. The number of amides is 2. The van der Waals surface area contributed by atoms with Crippen LogP contribution in [0.4, 0.5) is 4.79 Å². The van der Waals surface area contributed by atoms with Gasteiger partial charge in [0, 0.05) is 28.8 Å². The first kappa shape index (κ1) is 18.5. The van der Waals surface area contributed by atoms with E-state index in [1.807, 2.05) is 18.2 Å². The second kappa shape index (κ2) is 8.04. The standard InChI is InChI=1S/C19H20ClN5O3/c1-27-18-9-21-17(8-22-18)14-6-16-11(5-15(14)20)4-13(24-16)7-23-19(26)25-12-2-3-28-10-12/h4-6,8-9,12,24H,2-3,7,10H2,1H3,(H2,23,25,26). The quantitative estimate of drug-likeness (QED) is 0.610. The maximum absolute atomic E-state index is 12.0. The zero-order valence-corrected chi connectivity index (χ0v) is 16.0. The number of halogens is 1. The molecule has 1 fully saturated rings. The topological polar surface area (TPSA) is 101 Å². The Morgan fingerprint density at radius 1 is 1.36 bits per heavy atom. The van der Waals surface area contributed by atoms with Gasteiger partial charge < -0.3 is 25.1 Å². The number of aromatic nitrogens is 3. The van der Waals surface area contributed by atoms with Crippen molar-refractivity contribution in [2.45, 2.75) is 19.0 Å². The van der Waals surface area contributed by atoms with Crippen LogP contribution in [0.15, 0.2) is 30.6 Å². The molecule has 8 nitrogen and oxygen atoms in total. The SMILES string of the molecule is COc1cnc(-c2cc3[nH]c(CNC(=O)NC4CCOC4)cc3cc2Cl)cn1. The number of urea groups is 1. The highest BCUT2D eigenvalue weighted by atomic mass is 35.5. The summed E-state index contributed by atoms with van der Waals surface area (Å²) in [7, 11) is 1.54. The molecule has 1 aromatic carbocycles. The number of carbonyl (C=O) groups excluding carboxylic acids is 1. The zero-order chi connectivity index (χ0) is 19.5. The molecule has 0 radical (unpaired) electrons. The summed E-state index contributed by atoms with van der Waals surface area (Å²) in [6.45, 7) is 1.63. The van der Waals surface area contributed by atoms with E-state index in [0.717, 1.165) is 28.6 Å². The third kappa shape index (κ3) is 4.02. The number of rotatable bonds is 5. The second-order valence-corrected chi connectivity index (χ2v) is 6.95. The van der Waals surface area contributed by atoms with E-state index in [9.17, 15) is 4.79 Å². The number of fused-ring (bicyclic) bond motifs is 1. The van der Waals surface area contributed by atoms with Gasteiger partial charge in [0.15, 0.2) is 0 Å². The highest BCUT2D eigenvalue weighted by Gasteiger charge is 2.17. The number of H-pyrrole nitrogens is 1. The summed E-state index contributed by atoms with van der Waals surface area (Å²) in [6, 6.07) is 5.63. The Morgan fingerprint density at radius 3 is 2.96 bits per heavy atom. The molecule has 1 aliphatic heterocycles. The molecule has 0 bridgehead atoms. The lowest BCUT2D eigenvalue weighted by atomic mass is 10.1. The molecule has 0 spiro atoms. The number of aromatic amines is 1. The minimum Gasteiger partial charge on any atom is -0.480 e. The highest BCUT2D eigenvalue weighted by Crippen LogP contribution is 2.31. The second-order valence-electron chi connectivity index (χ2n) is 6.55. The first-order chi connectivity index (χ1) is 13.6. The first-order valence-electron chi connectivity index (χ1n) is 8.92. The van der Waals surface area contributed by atoms with Gasteiger partial charge in [0.2, 0.25) is 5.88 Å². The average molecular weight is 402 g/mol. The van der Waals surface area contributed by atoms with Crippen LogP contribution in [0.25, 0.3) is 22.2 Å². The van der Waals surface area contributed by atoms with E-state index in [1.54, 1.807) is 19.5 Å². The van der Waals surface area contributed by atoms with Crippen LogP contribution in [0, 0.1) is 0 Å². The fraction of sp³-hybridized carbons (Fsp3) is 0.316. The van der Waals surface area contributed by atoms with Crippen molar-refractivity contribution in [3.8, 4) is 17.1 Å². The van der Waals surface area contributed by atoms with Crippen molar-refractivity contribution in [1.82, 2.24) is 25.6 Å². The molecule has 4 rings (SSSR count). The highest BCUT2D eigenvalue weighted by molar-refractivity contribution is 6.34. The van der Waals surface area contributed by atoms with Gasteiger partial charge in [-0.3, -0.25) is 0 Å². The van der Waals surface area contributed by atoms with Gasteiger partial charge in [0.05, 0.1) is 49.4 Å². The van der Waals surface area contributed by atoms with Crippen LogP contribution in [0.1, 0.15) is 12.1 Å². The molecule has 2 amide bonds. The van der Waals surface area contributed by atoms with E-state index < -0.39 is 0 Å². The predicted octanol–water partition coefficient (Wildman–Crippen LogP) is 2.88. The monoisotopic (exact) mass is 401 g/mol. The normalized spacial score (nSPS) is 16.3. The minimum absolute atomic E-state index is 0.0784. The third-order valence-electron chi connectivity index (χ3n) is 4.58. The number of nitrogens with zero attached hydrogens (tertiary/aromatic N) is 2. The van der Waals surface area contributed by atoms with Crippen molar-refractivity contribution < 1.29 is 14.3 Å². The molecule has 3 N–H and O–H groups in total. The molecule has 3 aromatic rings. The Balaban J connectivity index is 1.48. The number of nitrogens with one attached hydrogen (secondary N) is 3. The number of hydrogen-bond donors (Lipinski definition) is 3. The van der Waals surface area contributed by atoms with E-state index >= 15 is 0 Å². The number of benzene rings is 1. The minimum atomic E-state index is -0.207. The molecule has 1 saturated heterocycles. The molecule has 9 heteroatoms. The summed E-state index contributed by atoms with van der Waals surface area (Å²) in [5.41, 5.74) is 3.20. The molecule has 28 heavy (non-hydrogen) atoms. The van der Waals surface area contributed by atoms with E-state index in [-0.39, 0.29) is 12.1 Å². The van der Waals surface area contributed by atoms with Crippen LogP contribution in [-0.4, -0.2) is 47.3 Å². The number of ether oxygens (including phenoxy) is 2. The Labute approximate surface area is 166 Å². The summed E-state index contributed by atoms with van der Waals surface area (Å²) in [4.78, 5) is 23.8. The van der Waals surface area contributed by atoms with Crippen molar-refractivity contribution >= 4 is 28.5 Å². The van der Waals surface area contributed by atoms with Gasteiger partial charge >= 0.3 is 6.03 Å². The fourth-order valence-electron chi connectivity index (χ4n) is 3.13. The van der Waals surface area contributed by atoms with Gasteiger partial charge in [-0.05, 0) is 24.6 Å². The van der Waals surface area contributed by atoms with Gasteiger partial charge in [-0.1, -0.05) is 11.6 Å². The number of hydrogen-bond acceptors (Lipinski definition) is 5. The van der Waals surface area contributed by atoms with Crippen LogP contribution < -0.4 is 15.4 Å². The van der Waals surface area contributed by atoms with Crippen LogP contribution in [0.3, 0.4) is 0 Å². The van der Waals surface area contributed by atoms with Crippen molar-refractivity contribution in [2.75, 3.05) is 20.3 Å². The molecular weight excluding hydrogens is 382 g/mol. The first-order valence-corrected chi connectivity index (χ1v) is 9.30. The molecule has 1 aliphatic rings. The summed E-state index contributed by atoms with van der Waals surface area (Å²) < 4.78 is 10.3. The van der Waals surface area contributed by atoms with Crippen LogP contribution in [0.2, 0.25) is 5.02 Å². The van der Waals surface area contributed by atoms with E-state index in [2.05, 4.69) is 25.6 Å². The largest absolute Gasteiger partial charge is 0.480 e. The smallest absolute Gasteiger partial charge is 0.315 e. The van der Waals surface area contributed by atoms with Gasteiger partial charge in [-0.15, -0.1) is 0 Å². The van der Waals surface area contributed by atoms with Gasteiger partial charge in [-0.25, -0.2) is 14.8 Å². The number of methoxy groups -OCH3 is 1. The third-order valence-corrected chi connectivity index (χ3v) is 4.89. The molecule has 1 unspecified atom stereocenters. The van der Waals surface area contributed by atoms with E-state index in [0.29, 0.717) is 36.4 Å². The lowest BCUT2D eigenvalue weighted by molar-refractivity contribution is 0.188. The van der Waals surface area contributed by atoms with Crippen molar-refractivity contribution in [3.05, 3.63) is 41.3 Å². The van der Waals surface area contributed by atoms with Crippen molar-refractivity contribution in [1.29, 1.82) is 0 Å². The van der Waals surface area contributed by atoms with E-state index in [1.165, 1.54) is 0 Å². The maximum Gasteiger partial charge on any atom is 0.315 e. The Bertz CT molecular complexity index is 983. The zero-order valence-electron chi connectivity index (χ0n) is 15.3. The predicted molar refractivity (Wildman–Crippen MR) is 105 cm³/mol. The molecule has 3 heterocycles. The summed E-state index contributed by atoms with van der Waals surface area (Å²) in [6.07, 6.45) is 4.01. The Hall–Kier alpha value is -2.84. The summed E-state index contributed by atoms with van der Waals surface area (Å²) >= 11 is 6.44. The summed E-state index contributed by atoms with van der Waals surface area (Å²) in [5.74, 6) is 0.441. The lowest BCUT2D eigenvalue weighted by Crippen LogP contribution is -2.42. The molecule has 0 aliphatic carbocycles. The van der Waals surface area contributed by atoms with Crippen molar-refractivity contribution in [2.24, 2.45) is 0 Å². The Kier molecular flexibility index (Phi) is 5.31. The van der Waals surface area contributed by atoms with Crippen LogP contribution in [-0.2, 0) is 11.3 Å². The number of carbonyl (C=O) groups is 1. The van der Waals surface area contributed by atoms with Crippen LogP contribution in [0.5, 0.6) is 5.88 Å². The molecule has 2 aromatic heterocycles. The van der Waals surface area contributed by atoms with Gasteiger partial charge in [0.1, 0.15) is 0 Å². The molecular formula is C19H20ClN5O3.